The van der Waals surface area contributed by atoms with Crippen LogP contribution in [0.1, 0.15) is 45.6 Å². The Hall–Kier alpha value is -2.71. The van der Waals surface area contributed by atoms with Crippen molar-refractivity contribution in [3.63, 3.8) is 0 Å². The molecular weight excluding hydrogens is 412 g/mol. The quantitative estimate of drug-likeness (QED) is 0.588. The second-order valence-corrected chi connectivity index (χ2v) is 9.71. The molecule has 0 saturated carbocycles. The van der Waals surface area contributed by atoms with Crippen molar-refractivity contribution in [2.75, 3.05) is 6.54 Å². The molecule has 2 aromatic heterocycles. The molecule has 1 aromatic carbocycles. The average Bonchev–Trinajstić information content (AvgIpc) is 3.13. The highest BCUT2D eigenvalue weighted by atomic mass is 32.2. The number of aryl methyl sites for hydroxylation is 1. The first-order valence-corrected chi connectivity index (χ1v) is 11.8. The van der Waals surface area contributed by atoms with Crippen LogP contribution in [-0.2, 0) is 21.4 Å². The molecule has 0 aliphatic heterocycles. The molecule has 0 bridgehead atoms. The summed E-state index contributed by atoms with van der Waals surface area (Å²) >= 11 is 0. The molecule has 7 nitrogen and oxygen atoms in total. The minimum absolute atomic E-state index is 0.0310. The molecule has 2 N–H and O–H groups in total. The summed E-state index contributed by atoms with van der Waals surface area (Å²) in [6.45, 7) is 11.8. The van der Waals surface area contributed by atoms with Crippen molar-refractivity contribution in [3.05, 3.63) is 63.6 Å². The van der Waals surface area contributed by atoms with Crippen molar-refractivity contribution in [2.45, 2.75) is 59.4 Å². The summed E-state index contributed by atoms with van der Waals surface area (Å²) in [5.41, 5.74) is 7.19. The summed E-state index contributed by atoms with van der Waals surface area (Å²) in [5, 5.41) is 2.80. The number of nitrogens with zero attached hydrogens (tertiary/aromatic N) is 2. The molecule has 0 aliphatic rings. The summed E-state index contributed by atoms with van der Waals surface area (Å²) < 4.78 is 30.4. The number of sulfonamides is 1. The highest BCUT2D eigenvalue weighted by molar-refractivity contribution is 7.89. The van der Waals surface area contributed by atoms with Crippen LogP contribution in [0, 0.1) is 41.5 Å². The van der Waals surface area contributed by atoms with Gasteiger partial charge in [-0.2, -0.15) is 0 Å². The standard InChI is InChI=1S/C23H30N4O3S/c1-14-8-7-9-21-26-20(13-27(14)21)12-24-22(28)10-11-25-31(29,30)23-18(5)16(3)15(2)17(4)19(23)6/h7-9,13,25H,10-12H2,1-6H3,(H,24,28). The zero-order valence-electron chi connectivity index (χ0n) is 19.0. The van der Waals surface area contributed by atoms with E-state index in [9.17, 15) is 13.2 Å². The number of imidazole rings is 1. The smallest absolute Gasteiger partial charge is 0.241 e. The minimum atomic E-state index is -3.71. The number of amides is 1. The van der Waals surface area contributed by atoms with Crippen molar-refractivity contribution in [3.8, 4) is 0 Å². The number of fused-ring (bicyclic) bond motifs is 1. The van der Waals surface area contributed by atoms with E-state index in [4.69, 9.17) is 0 Å². The van der Waals surface area contributed by atoms with Gasteiger partial charge >= 0.3 is 0 Å². The number of carbonyl (C=O) groups is 1. The Kier molecular flexibility index (Phi) is 6.52. The third-order valence-corrected chi connectivity index (χ3v) is 7.79. The van der Waals surface area contributed by atoms with Crippen LogP contribution in [0.25, 0.3) is 5.65 Å². The molecule has 0 spiro atoms. The fourth-order valence-electron chi connectivity index (χ4n) is 3.80. The maximum absolute atomic E-state index is 12.9. The summed E-state index contributed by atoms with van der Waals surface area (Å²) in [5.74, 6) is -0.235. The van der Waals surface area contributed by atoms with Crippen LogP contribution in [0.4, 0.5) is 0 Å². The third-order valence-electron chi connectivity index (χ3n) is 6.06. The van der Waals surface area contributed by atoms with Gasteiger partial charge in [0.2, 0.25) is 15.9 Å². The minimum Gasteiger partial charge on any atom is -0.350 e. The van der Waals surface area contributed by atoms with Crippen LogP contribution in [0.2, 0.25) is 0 Å². The van der Waals surface area contributed by atoms with Gasteiger partial charge in [0.25, 0.3) is 0 Å². The van der Waals surface area contributed by atoms with E-state index in [2.05, 4.69) is 15.0 Å². The third kappa shape index (κ3) is 4.65. The van der Waals surface area contributed by atoms with Crippen LogP contribution in [0.5, 0.6) is 0 Å². The Bertz CT molecular complexity index is 1230. The monoisotopic (exact) mass is 442 g/mol. The molecule has 0 unspecified atom stereocenters. The van der Waals surface area contributed by atoms with E-state index in [0.29, 0.717) is 11.4 Å². The zero-order valence-corrected chi connectivity index (χ0v) is 19.8. The molecule has 3 aromatic rings. The second-order valence-electron chi connectivity index (χ2n) is 8.01. The van der Waals surface area contributed by atoms with Gasteiger partial charge in [-0.15, -0.1) is 0 Å². The van der Waals surface area contributed by atoms with E-state index in [1.807, 2.05) is 70.3 Å². The normalized spacial score (nSPS) is 11.8. The predicted octanol–water partition coefficient (Wildman–Crippen LogP) is 3.17. The molecule has 0 radical (unpaired) electrons. The Morgan fingerprint density at radius 2 is 1.58 bits per heavy atom. The molecule has 8 heteroatoms. The van der Waals surface area contributed by atoms with Gasteiger partial charge in [-0.3, -0.25) is 4.79 Å². The van der Waals surface area contributed by atoms with Crippen LogP contribution >= 0.6 is 0 Å². The fraction of sp³-hybridized carbons (Fsp3) is 0.391. The number of aromatic nitrogens is 2. The fourth-order valence-corrected chi connectivity index (χ4v) is 5.43. The van der Waals surface area contributed by atoms with E-state index >= 15 is 0 Å². The summed E-state index contributed by atoms with van der Waals surface area (Å²) in [6, 6.07) is 5.84. The lowest BCUT2D eigenvalue weighted by atomic mass is 9.95. The molecule has 2 heterocycles. The Morgan fingerprint density at radius 3 is 2.19 bits per heavy atom. The van der Waals surface area contributed by atoms with Crippen LogP contribution in [-0.4, -0.2) is 30.3 Å². The van der Waals surface area contributed by atoms with E-state index in [1.54, 1.807) is 0 Å². The number of rotatable bonds is 7. The molecule has 0 atom stereocenters. The highest BCUT2D eigenvalue weighted by Crippen LogP contribution is 2.29. The van der Waals surface area contributed by atoms with E-state index in [1.165, 1.54) is 0 Å². The molecule has 0 saturated heterocycles. The number of hydrogen-bond donors (Lipinski definition) is 2. The van der Waals surface area contributed by atoms with E-state index in [-0.39, 0.29) is 18.9 Å². The summed E-state index contributed by atoms with van der Waals surface area (Å²) in [4.78, 5) is 17.0. The van der Waals surface area contributed by atoms with Crippen molar-refractivity contribution >= 4 is 21.6 Å². The maximum atomic E-state index is 12.9. The van der Waals surface area contributed by atoms with Gasteiger partial charge in [0.05, 0.1) is 17.1 Å². The van der Waals surface area contributed by atoms with Gasteiger partial charge in [0.1, 0.15) is 5.65 Å². The van der Waals surface area contributed by atoms with Crippen LogP contribution < -0.4 is 10.0 Å². The molecule has 166 valence electrons. The lowest BCUT2D eigenvalue weighted by Crippen LogP contribution is -2.31. The maximum Gasteiger partial charge on any atom is 0.241 e. The largest absolute Gasteiger partial charge is 0.350 e. The number of carbonyl (C=O) groups excluding carboxylic acids is 1. The number of nitrogens with one attached hydrogen (secondary N) is 2. The van der Waals surface area contributed by atoms with E-state index < -0.39 is 10.0 Å². The average molecular weight is 443 g/mol. The zero-order chi connectivity index (χ0) is 22.9. The van der Waals surface area contributed by atoms with Crippen molar-refractivity contribution in [1.82, 2.24) is 19.4 Å². The second kappa shape index (κ2) is 8.80. The molecule has 1 amide bonds. The van der Waals surface area contributed by atoms with Gasteiger partial charge in [-0.05, 0) is 81.5 Å². The first-order chi connectivity index (χ1) is 14.5. The Labute approximate surface area is 183 Å². The van der Waals surface area contributed by atoms with Gasteiger partial charge in [-0.25, -0.2) is 18.1 Å². The molecule has 31 heavy (non-hydrogen) atoms. The van der Waals surface area contributed by atoms with Crippen molar-refractivity contribution < 1.29 is 13.2 Å². The number of pyridine rings is 1. The molecule has 3 rings (SSSR count). The Morgan fingerprint density at radius 1 is 0.968 bits per heavy atom. The number of benzene rings is 1. The molecular formula is C23H30N4O3S. The van der Waals surface area contributed by atoms with E-state index in [0.717, 1.165) is 44.9 Å². The van der Waals surface area contributed by atoms with Gasteiger partial charge in [0, 0.05) is 24.9 Å². The molecule has 0 fully saturated rings. The lowest BCUT2D eigenvalue weighted by molar-refractivity contribution is -0.121. The summed E-state index contributed by atoms with van der Waals surface area (Å²) in [7, 11) is -3.71. The van der Waals surface area contributed by atoms with Crippen molar-refractivity contribution in [1.29, 1.82) is 0 Å². The lowest BCUT2D eigenvalue weighted by Gasteiger charge is -2.19. The first kappa shape index (κ1) is 23.0. The van der Waals surface area contributed by atoms with Gasteiger partial charge in [-0.1, -0.05) is 6.07 Å². The number of hydrogen-bond acceptors (Lipinski definition) is 4. The van der Waals surface area contributed by atoms with Crippen molar-refractivity contribution in [2.24, 2.45) is 0 Å². The first-order valence-electron chi connectivity index (χ1n) is 10.3. The molecule has 0 aliphatic carbocycles. The predicted molar refractivity (Wildman–Crippen MR) is 122 cm³/mol. The van der Waals surface area contributed by atoms with Gasteiger partial charge < -0.3 is 9.72 Å². The Balaban J connectivity index is 1.60. The van der Waals surface area contributed by atoms with Crippen LogP contribution in [0.3, 0.4) is 0 Å². The van der Waals surface area contributed by atoms with Crippen LogP contribution in [0.15, 0.2) is 29.3 Å². The SMILES string of the molecule is Cc1c(C)c(C)c(S(=O)(=O)NCCC(=O)NCc2cn3c(C)cccc3n2)c(C)c1C. The highest BCUT2D eigenvalue weighted by Gasteiger charge is 2.23. The van der Waals surface area contributed by atoms with Gasteiger partial charge in [0.15, 0.2) is 0 Å². The topological polar surface area (TPSA) is 92.6 Å². The summed E-state index contributed by atoms with van der Waals surface area (Å²) in [6.07, 6.45) is 1.94.